The number of benzene rings is 1. The molecule has 1 aromatic rings. The molecule has 116 valence electrons. The van der Waals surface area contributed by atoms with Gasteiger partial charge in [0.15, 0.2) is 0 Å². The van der Waals surface area contributed by atoms with Crippen molar-refractivity contribution in [1.29, 1.82) is 0 Å². The Hall–Kier alpha value is -1.04. The first kappa shape index (κ1) is 14.9. The molecule has 2 saturated heterocycles. The first-order chi connectivity index (χ1) is 10.2. The van der Waals surface area contributed by atoms with Gasteiger partial charge < -0.3 is 14.8 Å². The van der Waals surface area contributed by atoms with E-state index in [0.717, 1.165) is 45.0 Å². The monoisotopic (exact) mass is 297 g/mol. The van der Waals surface area contributed by atoms with Crippen LogP contribution >= 0.6 is 0 Å². The summed E-state index contributed by atoms with van der Waals surface area (Å²) in [6, 6.07) is 3.85. The zero-order valence-electron chi connectivity index (χ0n) is 12.0. The molecule has 0 bridgehead atoms. The molecule has 0 aromatic heterocycles. The number of hydrogen-bond donors (Lipinski definition) is 1. The fourth-order valence-corrected chi connectivity index (χ4v) is 3.23. The molecule has 21 heavy (non-hydrogen) atoms. The molecule has 2 aliphatic heterocycles. The zero-order chi connectivity index (χ0) is 14.7. The van der Waals surface area contributed by atoms with Gasteiger partial charge in [0.1, 0.15) is 11.6 Å². The average molecular weight is 297 g/mol. The minimum atomic E-state index is -0.402. The van der Waals surface area contributed by atoms with Crippen LogP contribution in [-0.2, 0) is 16.0 Å². The standard InChI is InChI=1S/C16H21F2NO2/c17-13-1-2-15(18)12(9-13)11-19-14-3-6-21-16(10-14)4-7-20-8-5-16/h1-2,9,14,19H,3-8,10-11H2. The SMILES string of the molecule is Fc1ccc(F)c(CNC2CCOC3(CCOCC3)C2)c1. The predicted molar refractivity (Wildman–Crippen MR) is 75.0 cm³/mol. The smallest absolute Gasteiger partial charge is 0.127 e. The van der Waals surface area contributed by atoms with E-state index < -0.39 is 5.82 Å². The maximum atomic E-state index is 13.6. The van der Waals surface area contributed by atoms with Crippen molar-refractivity contribution in [3.05, 3.63) is 35.4 Å². The maximum Gasteiger partial charge on any atom is 0.127 e. The van der Waals surface area contributed by atoms with Gasteiger partial charge in [-0.1, -0.05) is 0 Å². The lowest BCUT2D eigenvalue weighted by atomic mass is 9.84. The third-order valence-electron chi connectivity index (χ3n) is 4.49. The molecule has 1 spiro atoms. The molecule has 3 rings (SSSR count). The molecule has 0 radical (unpaired) electrons. The second-order valence-corrected chi connectivity index (χ2v) is 5.95. The van der Waals surface area contributed by atoms with Gasteiger partial charge in [-0.25, -0.2) is 8.78 Å². The van der Waals surface area contributed by atoms with Crippen molar-refractivity contribution in [3.8, 4) is 0 Å². The Kier molecular flexibility index (Phi) is 4.52. The fourth-order valence-electron chi connectivity index (χ4n) is 3.23. The van der Waals surface area contributed by atoms with Crippen LogP contribution in [0.15, 0.2) is 18.2 Å². The molecular formula is C16H21F2NO2. The number of ether oxygens (including phenoxy) is 2. The van der Waals surface area contributed by atoms with Gasteiger partial charge in [0.25, 0.3) is 0 Å². The number of hydrogen-bond acceptors (Lipinski definition) is 3. The molecule has 0 saturated carbocycles. The first-order valence-electron chi connectivity index (χ1n) is 7.56. The van der Waals surface area contributed by atoms with Crippen LogP contribution in [0.2, 0.25) is 0 Å². The van der Waals surface area contributed by atoms with Crippen LogP contribution in [0.5, 0.6) is 0 Å². The quantitative estimate of drug-likeness (QED) is 0.930. The van der Waals surface area contributed by atoms with E-state index in [0.29, 0.717) is 18.7 Å². The summed E-state index contributed by atoms with van der Waals surface area (Å²) in [6.45, 7) is 2.54. The summed E-state index contributed by atoms with van der Waals surface area (Å²) in [6.07, 6.45) is 3.64. The van der Waals surface area contributed by atoms with Crippen molar-refractivity contribution in [2.24, 2.45) is 0 Å². The van der Waals surface area contributed by atoms with Crippen LogP contribution < -0.4 is 5.32 Å². The molecule has 2 aliphatic rings. The third kappa shape index (κ3) is 3.59. The summed E-state index contributed by atoms with van der Waals surface area (Å²) in [7, 11) is 0. The van der Waals surface area contributed by atoms with E-state index in [-0.39, 0.29) is 17.5 Å². The van der Waals surface area contributed by atoms with Gasteiger partial charge in [-0.05, 0) is 43.9 Å². The van der Waals surface area contributed by atoms with E-state index in [9.17, 15) is 8.78 Å². The molecule has 2 fully saturated rings. The van der Waals surface area contributed by atoms with E-state index in [1.807, 2.05) is 0 Å². The Morgan fingerprint density at radius 2 is 2.00 bits per heavy atom. The lowest BCUT2D eigenvalue weighted by Gasteiger charge is -2.43. The summed E-state index contributed by atoms with van der Waals surface area (Å²) in [5, 5.41) is 3.35. The second kappa shape index (κ2) is 6.38. The Morgan fingerprint density at radius 1 is 1.19 bits per heavy atom. The lowest BCUT2D eigenvalue weighted by molar-refractivity contribution is -0.140. The van der Waals surface area contributed by atoms with Gasteiger partial charge in [0.05, 0.1) is 5.60 Å². The van der Waals surface area contributed by atoms with Crippen LogP contribution in [-0.4, -0.2) is 31.5 Å². The van der Waals surface area contributed by atoms with Crippen LogP contribution in [0.3, 0.4) is 0 Å². The van der Waals surface area contributed by atoms with E-state index >= 15 is 0 Å². The summed E-state index contributed by atoms with van der Waals surface area (Å²) in [5.41, 5.74) is 0.289. The van der Waals surface area contributed by atoms with Crippen molar-refractivity contribution in [2.45, 2.75) is 43.9 Å². The van der Waals surface area contributed by atoms with Gasteiger partial charge in [-0.15, -0.1) is 0 Å². The Bertz CT molecular complexity index is 484. The Labute approximate surface area is 123 Å². The van der Waals surface area contributed by atoms with E-state index in [1.165, 1.54) is 12.1 Å². The van der Waals surface area contributed by atoms with Crippen molar-refractivity contribution in [3.63, 3.8) is 0 Å². The van der Waals surface area contributed by atoms with Crippen molar-refractivity contribution in [2.75, 3.05) is 19.8 Å². The molecule has 5 heteroatoms. The number of rotatable bonds is 3. The van der Waals surface area contributed by atoms with Gasteiger partial charge >= 0.3 is 0 Å². The van der Waals surface area contributed by atoms with Gasteiger partial charge in [-0.2, -0.15) is 0 Å². The van der Waals surface area contributed by atoms with E-state index in [2.05, 4.69) is 5.32 Å². The highest BCUT2D eigenvalue weighted by Gasteiger charge is 2.38. The normalized spacial score (nSPS) is 25.1. The zero-order valence-corrected chi connectivity index (χ0v) is 12.0. The van der Waals surface area contributed by atoms with E-state index in [4.69, 9.17) is 9.47 Å². The summed E-state index contributed by atoms with van der Waals surface area (Å²) in [4.78, 5) is 0. The molecule has 0 amide bonds. The lowest BCUT2D eigenvalue weighted by Crippen LogP contribution is -2.49. The molecule has 2 heterocycles. The minimum absolute atomic E-state index is 0.0886. The summed E-state index contributed by atoms with van der Waals surface area (Å²) in [5.74, 6) is -0.766. The van der Waals surface area contributed by atoms with Crippen molar-refractivity contribution < 1.29 is 18.3 Å². The van der Waals surface area contributed by atoms with E-state index in [1.54, 1.807) is 0 Å². The third-order valence-corrected chi connectivity index (χ3v) is 4.49. The largest absolute Gasteiger partial charge is 0.381 e. The van der Waals surface area contributed by atoms with Crippen LogP contribution in [0.1, 0.15) is 31.2 Å². The molecule has 1 atom stereocenters. The Balaban J connectivity index is 1.58. The number of nitrogens with one attached hydrogen (secondary N) is 1. The minimum Gasteiger partial charge on any atom is -0.381 e. The van der Waals surface area contributed by atoms with Gasteiger partial charge in [-0.3, -0.25) is 0 Å². The van der Waals surface area contributed by atoms with Crippen LogP contribution in [0.25, 0.3) is 0 Å². The molecule has 1 unspecified atom stereocenters. The van der Waals surface area contributed by atoms with Gasteiger partial charge in [0.2, 0.25) is 0 Å². The molecule has 1 aromatic carbocycles. The average Bonchev–Trinajstić information content (AvgIpc) is 2.49. The van der Waals surface area contributed by atoms with Gasteiger partial charge in [0, 0.05) is 38.0 Å². The maximum absolute atomic E-state index is 13.6. The highest BCUT2D eigenvalue weighted by Crippen LogP contribution is 2.34. The van der Waals surface area contributed by atoms with Crippen LogP contribution in [0, 0.1) is 11.6 Å². The molecular weight excluding hydrogens is 276 g/mol. The topological polar surface area (TPSA) is 30.5 Å². The highest BCUT2D eigenvalue weighted by molar-refractivity contribution is 5.18. The predicted octanol–water partition coefficient (Wildman–Crippen LogP) is 2.78. The van der Waals surface area contributed by atoms with Crippen molar-refractivity contribution >= 4 is 0 Å². The first-order valence-corrected chi connectivity index (χ1v) is 7.56. The Morgan fingerprint density at radius 3 is 2.81 bits per heavy atom. The number of halogens is 2. The summed E-state index contributed by atoms with van der Waals surface area (Å²) >= 11 is 0. The molecule has 1 N–H and O–H groups in total. The van der Waals surface area contributed by atoms with Crippen LogP contribution in [0.4, 0.5) is 8.78 Å². The molecule has 0 aliphatic carbocycles. The summed E-state index contributed by atoms with van der Waals surface area (Å²) < 4.78 is 38.2. The highest BCUT2D eigenvalue weighted by atomic mass is 19.1. The fraction of sp³-hybridized carbons (Fsp3) is 0.625. The molecule has 3 nitrogen and oxygen atoms in total. The second-order valence-electron chi connectivity index (χ2n) is 5.95. The van der Waals surface area contributed by atoms with Crippen molar-refractivity contribution in [1.82, 2.24) is 5.32 Å².